The number of aryl methyl sites for hydroxylation is 2. The van der Waals surface area contributed by atoms with Gasteiger partial charge in [0.2, 0.25) is 0 Å². The standard InChI is InChI=1S/C8H10S.C2HNO2S/c1-2-4-8-7(3-1)5-6-9-8;4-2-5-1-3-6-2/h5-6H,1-4H2;1H. The molecule has 0 spiro atoms. The van der Waals surface area contributed by atoms with Gasteiger partial charge in [-0.3, -0.25) is 0 Å². The van der Waals surface area contributed by atoms with Gasteiger partial charge in [-0.1, -0.05) is 0 Å². The minimum absolute atomic E-state index is 0.352. The SMILES string of the molecule is O=c1ocns1.c1cc2c(s1)CCCC2. The first-order valence-electron chi connectivity index (χ1n) is 4.81. The van der Waals surface area contributed by atoms with Crippen LogP contribution in [0.25, 0.3) is 0 Å². The summed E-state index contributed by atoms with van der Waals surface area (Å²) in [7, 11) is 0. The smallest absolute Gasteiger partial charge is 0.401 e. The normalized spacial score (nSPS) is 13.9. The molecule has 5 heteroatoms. The van der Waals surface area contributed by atoms with Crippen molar-refractivity contribution in [3.8, 4) is 0 Å². The maximum Gasteiger partial charge on any atom is 0.414 e. The summed E-state index contributed by atoms with van der Waals surface area (Å²) in [5, 5.41) is 2.22. The van der Waals surface area contributed by atoms with Crippen molar-refractivity contribution in [2.75, 3.05) is 0 Å². The Bertz CT molecular complexity index is 420. The van der Waals surface area contributed by atoms with Gasteiger partial charge in [0.05, 0.1) is 0 Å². The van der Waals surface area contributed by atoms with E-state index in [4.69, 9.17) is 0 Å². The van der Waals surface area contributed by atoms with Crippen LogP contribution in [0.1, 0.15) is 23.3 Å². The molecule has 80 valence electrons. The molecule has 0 amide bonds. The van der Waals surface area contributed by atoms with E-state index >= 15 is 0 Å². The van der Waals surface area contributed by atoms with E-state index in [2.05, 4.69) is 20.2 Å². The fraction of sp³-hybridized carbons (Fsp3) is 0.400. The van der Waals surface area contributed by atoms with E-state index in [1.54, 1.807) is 10.4 Å². The number of rotatable bonds is 0. The van der Waals surface area contributed by atoms with E-state index in [0.717, 1.165) is 17.9 Å². The van der Waals surface area contributed by atoms with Crippen LogP contribution in [0.4, 0.5) is 0 Å². The summed E-state index contributed by atoms with van der Waals surface area (Å²) in [6.07, 6.45) is 6.61. The van der Waals surface area contributed by atoms with E-state index in [-0.39, 0.29) is 4.94 Å². The first-order chi connectivity index (χ1) is 7.36. The van der Waals surface area contributed by atoms with Gasteiger partial charge in [0, 0.05) is 16.4 Å². The summed E-state index contributed by atoms with van der Waals surface area (Å²) in [5.41, 5.74) is 1.62. The molecule has 0 unspecified atom stereocenters. The number of thiophene rings is 1. The molecule has 0 aromatic carbocycles. The summed E-state index contributed by atoms with van der Waals surface area (Å²) in [5.74, 6) is 0. The average molecular weight is 241 g/mol. The molecule has 0 radical (unpaired) electrons. The van der Waals surface area contributed by atoms with Crippen molar-refractivity contribution >= 4 is 22.9 Å². The third kappa shape index (κ3) is 3.00. The predicted molar refractivity (Wildman–Crippen MR) is 61.6 cm³/mol. The Morgan fingerprint density at radius 1 is 1.33 bits per heavy atom. The highest BCUT2D eigenvalue weighted by Gasteiger charge is 2.08. The first-order valence-corrected chi connectivity index (χ1v) is 6.46. The summed E-state index contributed by atoms with van der Waals surface area (Å²) < 4.78 is 7.57. The number of aromatic nitrogens is 1. The molecule has 1 aliphatic rings. The lowest BCUT2D eigenvalue weighted by Crippen LogP contribution is -1.96. The fourth-order valence-electron chi connectivity index (χ4n) is 1.56. The third-order valence-electron chi connectivity index (χ3n) is 2.26. The topological polar surface area (TPSA) is 43.1 Å². The Hall–Kier alpha value is -0.940. The molecule has 3 nitrogen and oxygen atoms in total. The molecule has 3 rings (SSSR count). The number of nitrogens with zero attached hydrogens (tertiary/aromatic N) is 1. The van der Waals surface area contributed by atoms with Gasteiger partial charge in [-0.05, 0) is 42.7 Å². The van der Waals surface area contributed by atoms with Crippen LogP contribution in [0.3, 0.4) is 0 Å². The molecule has 2 heterocycles. The molecule has 0 aliphatic heterocycles. The van der Waals surface area contributed by atoms with Crippen molar-refractivity contribution in [1.82, 2.24) is 4.37 Å². The summed E-state index contributed by atoms with van der Waals surface area (Å²) in [6, 6.07) is 2.28. The molecule has 0 saturated heterocycles. The first kappa shape index (κ1) is 10.6. The summed E-state index contributed by atoms with van der Waals surface area (Å²) in [6.45, 7) is 0. The molecule has 15 heavy (non-hydrogen) atoms. The molecule has 2 aromatic heterocycles. The van der Waals surface area contributed by atoms with Crippen molar-refractivity contribution < 1.29 is 4.42 Å². The Morgan fingerprint density at radius 2 is 2.20 bits per heavy atom. The van der Waals surface area contributed by atoms with Crippen LogP contribution in [0.15, 0.2) is 27.1 Å². The molecule has 0 atom stereocenters. The molecule has 0 bridgehead atoms. The molecule has 0 N–H and O–H groups in total. The van der Waals surface area contributed by atoms with Crippen molar-refractivity contribution in [1.29, 1.82) is 0 Å². The maximum atomic E-state index is 9.86. The van der Waals surface area contributed by atoms with Gasteiger partial charge in [0.1, 0.15) is 0 Å². The number of hydrogen-bond acceptors (Lipinski definition) is 5. The largest absolute Gasteiger partial charge is 0.414 e. The minimum Gasteiger partial charge on any atom is -0.401 e. The van der Waals surface area contributed by atoms with Crippen LogP contribution in [0.5, 0.6) is 0 Å². The van der Waals surface area contributed by atoms with E-state index in [1.165, 1.54) is 25.7 Å². The van der Waals surface area contributed by atoms with Gasteiger partial charge in [-0.2, -0.15) is 4.37 Å². The van der Waals surface area contributed by atoms with Crippen molar-refractivity contribution in [3.63, 3.8) is 0 Å². The second-order valence-electron chi connectivity index (χ2n) is 3.25. The van der Waals surface area contributed by atoms with Gasteiger partial charge in [-0.15, -0.1) is 11.3 Å². The van der Waals surface area contributed by atoms with Crippen molar-refractivity contribution in [2.24, 2.45) is 0 Å². The van der Waals surface area contributed by atoms with Crippen molar-refractivity contribution in [3.05, 3.63) is 38.0 Å². The highest BCUT2D eigenvalue weighted by molar-refractivity contribution is 7.10. The van der Waals surface area contributed by atoms with Crippen LogP contribution in [-0.2, 0) is 12.8 Å². The predicted octanol–water partition coefficient (Wildman–Crippen LogP) is 2.72. The van der Waals surface area contributed by atoms with Crippen LogP contribution in [0.2, 0.25) is 0 Å². The highest BCUT2D eigenvalue weighted by atomic mass is 32.1. The zero-order chi connectivity index (χ0) is 10.5. The molecule has 1 aliphatic carbocycles. The Morgan fingerprint density at radius 3 is 2.80 bits per heavy atom. The lowest BCUT2D eigenvalue weighted by Gasteiger charge is -2.08. The van der Waals surface area contributed by atoms with Crippen molar-refractivity contribution in [2.45, 2.75) is 25.7 Å². The molecule has 0 fully saturated rings. The summed E-state index contributed by atoms with van der Waals surface area (Å²) in [4.78, 5) is 11.1. The van der Waals surface area contributed by atoms with Gasteiger partial charge in [-0.25, -0.2) is 4.79 Å². The quantitative estimate of drug-likeness (QED) is 0.712. The van der Waals surface area contributed by atoms with E-state index in [9.17, 15) is 4.79 Å². The lowest BCUT2D eigenvalue weighted by atomic mass is 10.00. The second-order valence-corrected chi connectivity index (χ2v) is 4.97. The van der Waals surface area contributed by atoms with Gasteiger partial charge < -0.3 is 4.42 Å². The van der Waals surface area contributed by atoms with Crippen LogP contribution >= 0.6 is 22.9 Å². The van der Waals surface area contributed by atoms with Crippen LogP contribution in [-0.4, -0.2) is 4.37 Å². The van der Waals surface area contributed by atoms with Gasteiger partial charge in [0.15, 0.2) is 6.39 Å². The Labute approximate surface area is 95.6 Å². The highest BCUT2D eigenvalue weighted by Crippen LogP contribution is 2.25. The zero-order valence-corrected chi connectivity index (χ0v) is 9.77. The zero-order valence-electron chi connectivity index (χ0n) is 8.14. The Kier molecular flexibility index (Phi) is 3.69. The molecular formula is C10H11NO2S2. The summed E-state index contributed by atoms with van der Waals surface area (Å²) >= 11 is 2.73. The van der Waals surface area contributed by atoms with Gasteiger partial charge in [0.25, 0.3) is 0 Å². The third-order valence-corrected chi connectivity index (χ3v) is 3.72. The van der Waals surface area contributed by atoms with E-state index < -0.39 is 0 Å². The molecular weight excluding hydrogens is 230 g/mol. The lowest BCUT2D eigenvalue weighted by molar-refractivity contribution is 0.526. The monoisotopic (exact) mass is 241 g/mol. The fourth-order valence-corrected chi connectivity index (χ4v) is 2.80. The number of fused-ring (bicyclic) bond motifs is 1. The maximum absolute atomic E-state index is 9.86. The number of hydrogen-bond donors (Lipinski definition) is 0. The second kappa shape index (κ2) is 5.23. The van der Waals surface area contributed by atoms with Gasteiger partial charge >= 0.3 is 4.94 Å². The van der Waals surface area contributed by atoms with E-state index in [1.807, 2.05) is 11.3 Å². The Balaban J connectivity index is 0.000000124. The van der Waals surface area contributed by atoms with Crippen LogP contribution < -0.4 is 4.94 Å². The van der Waals surface area contributed by atoms with Crippen LogP contribution in [0, 0.1) is 0 Å². The molecule has 2 aromatic rings. The van der Waals surface area contributed by atoms with E-state index in [0.29, 0.717) is 0 Å². The average Bonchev–Trinajstić information content (AvgIpc) is 2.88. The minimum atomic E-state index is -0.352. The molecule has 0 saturated carbocycles.